The Morgan fingerprint density at radius 3 is 2.62 bits per heavy atom. The minimum atomic E-state index is 0.308. The number of ether oxygens (including phenoxy) is 1. The molecule has 0 bridgehead atoms. The summed E-state index contributed by atoms with van der Waals surface area (Å²) in [5.74, 6) is 1.43. The standard InChI is InChI=1S/C17H19BrClNO/c1-4-20-12(3)13-6-8-16(14(18)10-13)21-17-9-11(2)5-7-15(17)19/h5-10,12,20H,4H2,1-3H3. The molecule has 2 nitrogen and oxygen atoms in total. The van der Waals surface area contributed by atoms with Gasteiger partial charge in [-0.25, -0.2) is 0 Å². The highest BCUT2D eigenvalue weighted by molar-refractivity contribution is 9.10. The average Bonchev–Trinajstić information content (AvgIpc) is 2.45. The second-order valence-corrected chi connectivity index (χ2v) is 6.27. The molecule has 0 aliphatic rings. The van der Waals surface area contributed by atoms with Gasteiger partial charge < -0.3 is 10.1 Å². The Balaban J connectivity index is 2.23. The van der Waals surface area contributed by atoms with E-state index in [0.29, 0.717) is 16.8 Å². The van der Waals surface area contributed by atoms with Gasteiger partial charge in [-0.15, -0.1) is 0 Å². The van der Waals surface area contributed by atoms with Crippen LogP contribution in [0.3, 0.4) is 0 Å². The molecule has 4 heteroatoms. The van der Waals surface area contributed by atoms with E-state index in [0.717, 1.165) is 22.3 Å². The highest BCUT2D eigenvalue weighted by Crippen LogP contribution is 2.35. The monoisotopic (exact) mass is 367 g/mol. The molecular weight excluding hydrogens is 350 g/mol. The van der Waals surface area contributed by atoms with Crippen LogP contribution in [0.15, 0.2) is 40.9 Å². The minimum absolute atomic E-state index is 0.308. The molecule has 112 valence electrons. The molecule has 2 aromatic carbocycles. The average molecular weight is 369 g/mol. The summed E-state index contributed by atoms with van der Waals surface area (Å²) < 4.78 is 6.84. The van der Waals surface area contributed by atoms with Crippen LogP contribution < -0.4 is 10.1 Å². The minimum Gasteiger partial charge on any atom is -0.455 e. The second kappa shape index (κ2) is 7.30. The molecule has 0 fully saturated rings. The number of benzene rings is 2. The molecule has 0 saturated carbocycles. The Kier molecular flexibility index (Phi) is 5.68. The highest BCUT2D eigenvalue weighted by Gasteiger charge is 2.10. The maximum Gasteiger partial charge on any atom is 0.146 e. The zero-order valence-corrected chi connectivity index (χ0v) is 14.8. The van der Waals surface area contributed by atoms with Gasteiger partial charge in [0.1, 0.15) is 11.5 Å². The number of hydrogen-bond acceptors (Lipinski definition) is 2. The van der Waals surface area contributed by atoms with Crippen LogP contribution in [0.1, 0.15) is 31.0 Å². The lowest BCUT2D eigenvalue weighted by molar-refractivity contribution is 0.478. The third-order valence-electron chi connectivity index (χ3n) is 3.27. The van der Waals surface area contributed by atoms with Crippen LogP contribution in [0.25, 0.3) is 0 Å². The zero-order chi connectivity index (χ0) is 15.4. The van der Waals surface area contributed by atoms with Crippen LogP contribution in [0.4, 0.5) is 0 Å². The highest BCUT2D eigenvalue weighted by atomic mass is 79.9. The number of aryl methyl sites for hydroxylation is 1. The van der Waals surface area contributed by atoms with Crippen molar-refractivity contribution in [3.8, 4) is 11.5 Å². The lowest BCUT2D eigenvalue weighted by atomic mass is 10.1. The molecule has 21 heavy (non-hydrogen) atoms. The summed E-state index contributed by atoms with van der Waals surface area (Å²) in [4.78, 5) is 0. The van der Waals surface area contributed by atoms with Crippen molar-refractivity contribution in [3.63, 3.8) is 0 Å². The maximum absolute atomic E-state index is 6.17. The smallest absolute Gasteiger partial charge is 0.146 e. The molecule has 1 N–H and O–H groups in total. The first-order chi connectivity index (χ1) is 10.0. The number of halogens is 2. The van der Waals surface area contributed by atoms with Gasteiger partial charge in [-0.1, -0.05) is 30.7 Å². The summed E-state index contributed by atoms with van der Waals surface area (Å²) in [6.45, 7) is 7.20. The van der Waals surface area contributed by atoms with Gasteiger partial charge in [-0.2, -0.15) is 0 Å². The summed E-state index contributed by atoms with van der Waals surface area (Å²) >= 11 is 9.74. The summed E-state index contributed by atoms with van der Waals surface area (Å²) in [6, 6.07) is 12.2. The van der Waals surface area contributed by atoms with E-state index in [1.165, 1.54) is 5.56 Å². The summed E-state index contributed by atoms with van der Waals surface area (Å²) in [5, 5.41) is 4.00. The fourth-order valence-corrected chi connectivity index (χ4v) is 2.73. The first-order valence-electron chi connectivity index (χ1n) is 6.98. The SMILES string of the molecule is CCNC(C)c1ccc(Oc2cc(C)ccc2Cl)c(Br)c1. The van der Waals surface area contributed by atoms with Gasteiger partial charge in [0.05, 0.1) is 9.50 Å². The Bertz CT molecular complexity index is 630. The van der Waals surface area contributed by atoms with Crippen LogP contribution in [-0.2, 0) is 0 Å². The van der Waals surface area contributed by atoms with E-state index in [1.807, 2.05) is 31.2 Å². The number of hydrogen-bond donors (Lipinski definition) is 1. The molecule has 0 spiro atoms. The predicted molar refractivity (Wildman–Crippen MR) is 92.5 cm³/mol. The zero-order valence-electron chi connectivity index (χ0n) is 12.4. The first kappa shape index (κ1) is 16.3. The Morgan fingerprint density at radius 2 is 1.95 bits per heavy atom. The summed E-state index contributed by atoms with van der Waals surface area (Å²) in [5.41, 5.74) is 2.33. The predicted octanol–water partition coefficient (Wildman–Crippen LogP) is 5.87. The van der Waals surface area contributed by atoms with Crippen molar-refractivity contribution >= 4 is 27.5 Å². The fourth-order valence-electron chi connectivity index (χ4n) is 2.10. The van der Waals surface area contributed by atoms with Crippen molar-refractivity contribution < 1.29 is 4.74 Å². The van der Waals surface area contributed by atoms with Crippen LogP contribution in [0.5, 0.6) is 11.5 Å². The van der Waals surface area contributed by atoms with Crippen LogP contribution in [0, 0.1) is 6.92 Å². The molecule has 0 saturated heterocycles. The molecule has 2 aromatic rings. The Hall–Kier alpha value is -1.03. The topological polar surface area (TPSA) is 21.3 Å². The van der Waals surface area contributed by atoms with Gasteiger partial charge in [0.15, 0.2) is 0 Å². The quantitative estimate of drug-likeness (QED) is 0.712. The van der Waals surface area contributed by atoms with Gasteiger partial charge in [0, 0.05) is 6.04 Å². The largest absolute Gasteiger partial charge is 0.455 e. The molecule has 1 unspecified atom stereocenters. The van der Waals surface area contributed by atoms with Crippen molar-refractivity contribution in [1.29, 1.82) is 0 Å². The molecular formula is C17H19BrClNO. The third-order valence-corrected chi connectivity index (χ3v) is 4.20. The van der Waals surface area contributed by atoms with E-state index in [4.69, 9.17) is 16.3 Å². The molecule has 0 heterocycles. The van der Waals surface area contributed by atoms with Gasteiger partial charge in [-0.05, 0) is 71.7 Å². The molecule has 1 atom stereocenters. The second-order valence-electron chi connectivity index (χ2n) is 5.01. The Labute approximate surface area is 139 Å². The summed E-state index contributed by atoms with van der Waals surface area (Å²) in [7, 11) is 0. The Morgan fingerprint density at radius 1 is 1.19 bits per heavy atom. The first-order valence-corrected chi connectivity index (χ1v) is 8.15. The molecule has 0 amide bonds. The maximum atomic E-state index is 6.17. The number of rotatable bonds is 5. The number of nitrogens with one attached hydrogen (secondary N) is 1. The third kappa shape index (κ3) is 4.22. The molecule has 0 aromatic heterocycles. The van der Waals surface area contributed by atoms with E-state index in [9.17, 15) is 0 Å². The van der Waals surface area contributed by atoms with E-state index in [1.54, 1.807) is 0 Å². The van der Waals surface area contributed by atoms with Crippen LogP contribution >= 0.6 is 27.5 Å². The van der Waals surface area contributed by atoms with Crippen LogP contribution in [0.2, 0.25) is 5.02 Å². The van der Waals surface area contributed by atoms with E-state index >= 15 is 0 Å². The van der Waals surface area contributed by atoms with Gasteiger partial charge in [0.2, 0.25) is 0 Å². The van der Waals surface area contributed by atoms with Crippen molar-refractivity contribution in [2.45, 2.75) is 26.8 Å². The molecule has 0 aliphatic carbocycles. The van der Waals surface area contributed by atoms with Crippen LogP contribution in [-0.4, -0.2) is 6.54 Å². The molecule has 2 rings (SSSR count). The normalized spacial score (nSPS) is 12.2. The van der Waals surface area contributed by atoms with E-state index in [2.05, 4.69) is 47.2 Å². The van der Waals surface area contributed by atoms with Gasteiger partial charge in [-0.3, -0.25) is 0 Å². The lowest BCUT2D eigenvalue weighted by Gasteiger charge is -2.15. The van der Waals surface area contributed by atoms with E-state index in [-0.39, 0.29) is 0 Å². The van der Waals surface area contributed by atoms with Gasteiger partial charge >= 0.3 is 0 Å². The summed E-state index contributed by atoms with van der Waals surface area (Å²) in [6.07, 6.45) is 0. The van der Waals surface area contributed by atoms with Crippen molar-refractivity contribution in [1.82, 2.24) is 5.32 Å². The molecule has 0 aliphatic heterocycles. The van der Waals surface area contributed by atoms with E-state index < -0.39 is 0 Å². The van der Waals surface area contributed by atoms with Crippen molar-refractivity contribution in [2.24, 2.45) is 0 Å². The lowest BCUT2D eigenvalue weighted by Crippen LogP contribution is -2.17. The van der Waals surface area contributed by atoms with Gasteiger partial charge in [0.25, 0.3) is 0 Å². The fraction of sp³-hybridized carbons (Fsp3) is 0.294. The van der Waals surface area contributed by atoms with Crippen molar-refractivity contribution in [3.05, 3.63) is 57.0 Å². The molecule has 0 radical (unpaired) electrons. The van der Waals surface area contributed by atoms with Crippen molar-refractivity contribution in [2.75, 3.05) is 6.54 Å².